The number of hydrogen-bond acceptors (Lipinski definition) is 3. The molecule has 0 saturated carbocycles. The van der Waals surface area contributed by atoms with Gasteiger partial charge in [-0.2, -0.15) is 0 Å². The van der Waals surface area contributed by atoms with Crippen LogP contribution < -0.4 is 15.4 Å². The molecule has 0 atom stereocenters. The van der Waals surface area contributed by atoms with Crippen molar-refractivity contribution in [2.24, 2.45) is 0 Å². The lowest BCUT2D eigenvalue weighted by molar-refractivity contribution is -0.115. The van der Waals surface area contributed by atoms with Crippen molar-refractivity contribution in [1.29, 1.82) is 0 Å². The summed E-state index contributed by atoms with van der Waals surface area (Å²) in [6, 6.07) is 12.8. The number of hydrogen-bond donors (Lipinski definition) is 2. The maximum Gasteiger partial charge on any atom is 0.326 e. The first-order valence-corrected chi connectivity index (χ1v) is 6.93. The minimum atomic E-state index is -0.564. The van der Waals surface area contributed by atoms with E-state index in [0.717, 1.165) is 0 Å². The van der Waals surface area contributed by atoms with Gasteiger partial charge in [0.1, 0.15) is 23.9 Å². The van der Waals surface area contributed by atoms with E-state index >= 15 is 0 Å². The van der Waals surface area contributed by atoms with Crippen molar-refractivity contribution in [2.45, 2.75) is 6.61 Å². The summed E-state index contributed by atoms with van der Waals surface area (Å²) < 4.78 is 19.3. The zero-order chi connectivity index (χ0) is 16.2. The highest BCUT2D eigenvalue weighted by atomic mass is 19.1. The molecule has 6 heteroatoms. The van der Waals surface area contributed by atoms with Crippen molar-refractivity contribution < 1.29 is 18.7 Å². The fraction of sp³-hybridized carbons (Fsp3) is 0.0588. The maximum atomic E-state index is 13.6. The van der Waals surface area contributed by atoms with Crippen molar-refractivity contribution >= 4 is 18.0 Å². The second-order valence-electron chi connectivity index (χ2n) is 4.88. The molecule has 1 heterocycles. The number of benzene rings is 2. The normalized spacial score (nSPS) is 15.4. The summed E-state index contributed by atoms with van der Waals surface area (Å²) in [4.78, 5) is 22.7. The Hall–Kier alpha value is -3.15. The van der Waals surface area contributed by atoms with Crippen LogP contribution in [0.2, 0.25) is 0 Å². The first-order valence-electron chi connectivity index (χ1n) is 6.93. The van der Waals surface area contributed by atoms with Crippen molar-refractivity contribution in [1.82, 2.24) is 10.6 Å². The van der Waals surface area contributed by atoms with Crippen LogP contribution in [0.3, 0.4) is 0 Å². The van der Waals surface area contributed by atoms with Crippen molar-refractivity contribution in [3.63, 3.8) is 0 Å². The third-order valence-corrected chi connectivity index (χ3v) is 3.28. The molecule has 1 aliphatic heterocycles. The van der Waals surface area contributed by atoms with E-state index in [1.807, 2.05) is 0 Å². The van der Waals surface area contributed by atoms with E-state index in [4.69, 9.17) is 4.74 Å². The highest BCUT2D eigenvalue weighted by Gasteiger charge is 2.23. The molecule has 1 aliphatic rings. The number of urea groups is 1. The Labute approximate surface area is 131 Å². The summed E-state index contributed by atoms with van der Waals surface area (Å²) in [6.45, 7) is 0.0609. The van der Waals surface area contributed by atoms with E-state index in [1.54, 1.807) is 42.5 Å². The fourth-order valence-electron chi connectivity index (χ4n) is 2.14. The van der Waals surface area contributed by atoms with Gasteiger partial charge in [0, 0.05) is 11.1 Å². The molecule has 3 amide bonds. The molecule has 23 heavy (non-hydrogen) atoms. The Balaban J connectivity index is 1.81. The van der Waals surface area contributed by atoms with Crippen LogP contribution in [-0.2, 0) is 11.4 Å². The van der Waals surface area contributed by atoms with E-state index in [0.29, 0.717) is 16.9 Å². The summed E-state index contributed by atoms with van der Waals surface area (Å²) in [5.74, 6) is -0.359. The summed E-state index contributed by atoms with van der Waals surface area (Å²) in [7, 11) is 0. The van der Waals surface area contributed by atoms with Crippen LogP contribution in [0, 0.1) is 5.82 Å². The van der Waals surface area contributed by atoms with Crippen LogP contribution in [0.25, 0.3) is 6.08 Å². The Morgan fingerprint density at radius 1 is 1.00 bits per heavy atom. The molecule has 3 rings (SSSR count). The number of amides is 3. The highest BCUT2D eigenvalue weighted by Crippen LogP contribution is 2.22. The predicted molar refractivity (Wildman–Crippen MR) is 81.8 cm³/mol. The summed E-state index contributed by atoms with van der Waals surface area (Å²) in [5, 5.41) is 4.53. The molecule has 1 fully saturated rings. The topological polar surface area (TPSA) is 67.4 Å². The number of imide groups is 1. The minimum absolute atomic E-state index is 0.0609. The van der Waals surface area contributed by atoms with Crippen LogP contribution in [0.4, 0.5) is 9.18 Å². The Kier molecular flexibility index (Phi) is 4.05. The number of ether oxygens (including phenoxy) is 1. The lowest BCUT2D eigenvalue weighted by Gasteiger charge is -2.10. The molecule has 2 aromatic rings. The van der Waals surface area contributed by atoms with Crippen LogP contribution in [0.5, 0.6) is 5.75 Å². The van der Waals surface area contributed by atoms with Gasteiger partial charge >= 0.3 is 6.03 Å². The van der Waals surface area contributed by atoms with Crippen LogP contribution in [-0.4, -0.2) is 11.9 Å². The first kappa shape index (κ1) is 14.8. The van der Waals surface area contributed by atoms with Gasteiger partial charge in [0.15, 0.2) is 0 Å². The summed E-state index contributed by atoms with van der Waals surface area (Å²) in [5.41, 5.74) is 1.18. The summed E-state index contributed by atoms with van der Waals surface area (Å²) >= 11 is 0. The average Bonchev–Trinajstić information content (AvgIpc) is 2.85. The molecule has 116 valence electrons. The van der Waals surface area contributed by atoms with Gasteiger partial charge in [-0.1, -0.05) is 36.4 Å². The van der Waals surface area contributed by atoms with Gasteiger partial charge in [0.2, 0.25) is 0 Å². The van der Waals surface area contributed by atoms with Gasteiger partial charge in [-0.25, -0.2) is 9.18 Å². The molecule has 0 aromatic heterocycles. The van der Waals surface area contributed by atoms with Gasteiger partial charge in [-0.05, 0) is 18.2 Å². The number of rotatable bonds is 4. The third kappa shape index (κ3) is 3.37. The molecule has 2 aromatic carbocycles. The Morgan fingerprint density at radius 3 is 2.48 bits per heavy atom. The fourth-order valence-corrected chi connectivity index (χ4v) is 2.14. The molecular formula is C17H13FN2O3. The Bertz CT molecular complexity index is 802. The molecule has 0 bridgehead atoms. The molecule has 0 aliphatic carbocycles. The first-order chi connectivity index (χ1) is 11.1. The van der Waals surface area contributed by atoms with E-state index in [2.05, 4.69) is 10.6 Å². The molecule has 5 nitrogen and oxygen atoms in total. The number of carbonyl (C=O) groups is 2. The highest BCUT2D eigenvalue weighted by molar-refractivity contribution is 6.14. The second-order valence-corrected chi connectivity index (χ2v) is 4.88. The SMILES string of the molecule is O=C1NC(=O)/C(=C/c2ccccc2OCc2ccccc2F)N1. The lowest BCUT2D eigenvalue weighted by atomic mass is 10.1. The summed E-state index contributed by atoms with van der Waals surface area (Å²) in [6.07, 6.45) is 1.51. The predicted octanol–water partition coefficient (Wildman–Crippen LogP) is 2.58. The number of halogens is 1. The number of carbonyl (C=O) groups excluding carboxylic acids is 2. The van der Waals surface area contributed by atoms with Gasteiger partial charge < -0.3 is 10.1 Å². The molecule has 0 unspecified atom stereocenters. The van der Waals surface area contributed by atoms with Crippen molar-refractivity contribution in [3.05, 3.63) is 71.2 Å². The maximum absolute atomic E-state index is 13.6. The van der Waals surface area contributed by atoms with Gasteiger partial charge in [0.05, 0.1) is 0 Å². The number of nitrogens with one attached hydrogen (secondary N) is 2. The van der Waals surface area contributed by atoms with Gasteiger partial charge in [-0.15, -0.1) is 0 Å². The van der Waals surface area contributed by atoms with Crippen molar-refractivity contribution in [2.75, 3.05) is 0 Å². The number of para-hydroxylation sites is 1. The van der Waals surface area contributed by atoms with Gasteiger partial charge in [0.25, 0.3) is 5.91 Å². The monoisotopic (exact) mass is 312 g/mol. The second kappa shape index (κ2) is 6.31. The van der Waals surface area contributed by atoms with Gasteiger partial charge in [-0.3, -0.25) is 10.1 Å². The van der Waals surface area contributed by atoms with Crippen LogP contribution in [0.1, 0.15) is 11.1 Å². The average molecular weight is 312 g/mol. The quantitative estimate of drug-likeness (QED) is 0.673. The molecule has 0 radical (unpaired) electrons. The molecule has 2 N–H and O–H groups in total. The van der Waals surface area contributed by atoms with Crippen molar-refractivity contribution in [3.8, 4) is 5.75 Å². The van der Waals surface area contributed by atoms with E-state index in [-0.39, 0.29) is 18.1 Å². The standard InChI is InChI=1S/C17H13FN2O3/c18-13-7-3-1-6-12(13)10-23-15-8-4-2-5-11(15)9-14-16(21)20-17(22)19-14/h1-9H,10H2,(H2,19,20,21,22)/b14-9-. The Morgan fingerprint density at radius 2 is 1.74 bits per heavy atom. The molecule has 1 saturated heterocycles. The van der Waals surface area contributed by atoms with Crippen LogP contribution in [0.15, 0.2) is 54.2 Å². The minimum Gasteiger partial charge on any atom is -0.488 e. The largest absolute Gasteiger partial charge is 0.488 e. The van der Waals surface area contributed by atoms with E-state index < -0.39 is 11.9 Å². The lowest BCUT2D eigenvalue weighted by Crippen LogP contribution is -2.22. The smallest absolute Gasteiger partial charge is 0.326 e. The van der Waals surface area contributed by atoms with E-state index in [1.165, 1.54) is 12.1 Å². The molecular weight excluding hydrogens is 299 g/mol. The third-order valence-electron chi connectivity index (χ3n) is 3.28. The zero-order valence-electron chi connectivity index (χ0n) is 12.0. The van der Waals surface area contributed by atoms with E-state index in [9.17, 15) is 14.0 Å². The zero-order valence-corrected chi connectivity index (χ0v) is 12.0. The van der Waals surface area contributed by atoms with Crippen LogP contribution >= 0.6 is 0 Å². The molecule has 0 spiro atoms.